The zero-order chi connectivity index (χ0) is 21.7. The van der Waals surface area contributed by atoms with Crippen molar-refractivity contribution in [2.75, 3.05) is 24.7 Å². The molecule has 0 aliphatic rings. The molecule has 0 spiro atoms. The van der Waals surface area contributed by atoms with Crippen molar-refractivity contribution in [2.45, 2.75) is 19.0 Å². The van der Waals surface area contributed by atoms with Crippen LogP contribution in [0.15, 0.2) is 60.0 Å². The molecule has 2 aromatic carbocycles. The summed E-state index contributed by atoms with van der Waals surface area (Å²) < 4.78 is 1.96. The number of benzene rings is 2. The largest absolute Gasteiger partial charge is 0.336 e. The Balaban J connectivity index is 1.57. The third kappa shape index (κ3) is 5.64. The second kappa shape index (κ2) is 9.82. The smallest absolute Gasteiger partial charge is 0.244 e. The number of anilines is 1. The summed E-state index contributed by atoms with van der Waals surface area (Å²) in [4.78, 5) is 30.5. The fourth-order valence-corrected chi connectivity index (χ4v) is 4.07. The number of hydrogen-bond donors (Lipinski definition) is 1. The van der Waals surface area contributed by atoms with E-state index in [1.807, 2.05) is 24.6 Å². The van der Waals surface area contributed by atoms with E-state index in [1.165, 1.54) is 16.7 Å². The standard InChI is InChI=1S/C22H23ClN4O2S/c1-15-10-16(2)12-17(11-15)27-9-8-24-22(27)30-14-21(29)26(3)13-20(28)25-19-7-5-4-6-18(19)23/h4-12H,13-14H2,1-3H3,(H,25,28). The van der Waals surface area contributed by atoms with E-state index in [4.69, 9.17) is 11.6 Å². The number of likely N-dealkylation sites (N-methyl/N-ethyl adjacent to an activating group) is 1. The van der Waals surface area contributed by atoms with E-state index in [-0.39, 0.29) is 24.1 Å². The van der Waals surface area contributed by atoms with Gasteiger partial charge in [-0.2, -0.15) is 0 Å². The Bertz CT molecular complexity index is 1050. The lowest BCUT2D eigenvalue weighted by atomic mass is 10.1. The van der Waals surface area contributed by atoms with Gasteiger partial charge in [0.15, 0.2) is 5.16 Å². The number of amides is 2. The molecule has 3 rings (SSSR count). The summed E-state index contributed by atoms with van der Waals surface area (Å²) in [5.41, 5.74) is 3.85. The number of nitrogens with zero attached hydrogens (tertiary/aromatic N) is 3. The molecule has 156 valence electrons. The molecule has 0 atom stereocenters. The van der Waals surface area contributed by atoms with Gasteiger partial charge in [0.2, 0.25) is 11.8 Å². The highest BCUT2D eigenvalue weighted by Crippen LogP contribution is 2.23. The van der Waals surface area contributed by atoms with E-state index >= 15 is 0 Å². The summed E-state index contributed by atoms with van der Waals surface area (Å²) in [7, 11) is 1.60. The van der Waals surface area contributed by atoms with Crippen LogP contribution in [0.25, 0.3) is 5.69 Å². The number of rotatable bonds is 7. The molecule has 0 aliphatic carbocycles. The van der Waals surface area contributed by atoms with E-state index in [0.29, 0.717) is 10.7 Å². The Hall–Kier alpha value is -2.77. The topological polar surface area (TPSA) is 67.2 Å². The minimum Gasteiger partial charge on any atom is -0.336 e. The fraction of sp³-hybridized carbons (Fsp3) is 0.227. The molecule has 3 aromatic rings. The molecule has 2 amide bonds. The normalized spacial score (nSPS) is 10.7. The van der Waals surface area contributed by atoms with Crippen molar-refractivity contribution in [3.05, 3.63) is 71.0 Å². The van der Waals surface area contributed by atoms with Gasteiger partial charge in [-0.15, -0.1) is 0 Å². The van der Waals surface area contributed by atoms with Gasteiger partial charge in [0.05, 0.1) is 23.0 Å². The SMILES string of the molecule is Cc1cc(C)cc(-n2ccnc2SCC(=O)N(C)CC(=O)Nc2ccccc2Cl)c1. The molecule has 0 fully saturated rings. The number of carbonyl (C=O) groups excluding carboxylic acids is 2. The Morgan fingerprint density at radius 3 is 2.57 bits per heavy atom. The van der Waals surface area contributed by atoms with Gasteiger partial charge in [-0.25, -0.2) is 4.98 Å². The average molecular weight is 443 g/mol. The van der Waals surface area contributed by atoms with E-state index in [1.54, 1.807) is 37.5 Å². The Kier molecular flexibility index (Phi) is 7.18. The van der Waals surface area contributed by atoms with Gasteiger partial charge in [-0.3, -0.25) is 14.2 Å². The zero-order valence-corrected chi connectivity index (χ0v) is 18.6. The van der Waals surface area contributed by atoms with Crippen molar-refractivity contribution in [1.29, 1.82) is 0 Å². The molecule has 1 heterocycles. The lowest BCUT2D eigenvalue weighted by molar-refractivity contribution is -0.131. The van der Waals surface area contributed by atoms with Crippen molar-refractivity contribution >= 4 is 40.9 Å². The Morgan fingerprint density at radius 2 is 1.87 bits per heavy atom. The maximum atomic E-state index is 12.5. The summed E-state index contributed by atoms with van der Waals surface area (Å²) in [6.45, 7) is 4.04. The van der Waals surface area contributed by atoms with Gasteiger partial charge in [0.1, 0.15) is 0 Å². The van der Waals surface area contributed by atoms with Crippen LogP contribution in [0.3, 0.4) is 0 Å². The molecular weight excluding hydrogens is 420 g/mol. The highest BCUT2D eigenvalue weighted by molar-refractivity contribution is 7.99. The number of imidazole rings is 1. The van der Waals surface area contributed by atoms with E-state index in [2.05, 4.69) is 28.5 Å². The summed E-state index contributed by atoms with van der Waals surface area (Å²) in [6, 6.07) is 13.2. The monoisotopic (exact) mass is 442 g/mol. The first-order valence-electron chi connectivity index (χ1n) is 9.36. The minimum absolute atomic E-state index is 0.0594. The zero-order valence-electron chi connectivity index (χ0n) is 17.1. The second-order valence-corrected chi connectivity index (χ2v) is 8.34. The van der Waals surface area contributed by atoms with Gasteiger partial charge >= 0.3 is 0 Å². The molecule has 0 unspecified atom stereocenters. The van der Waals surface area contributed by atoms with Crippen molar-refractivity contribution < 1.29 is 9.59 Å². The number of hydrogen-bond acceptors (Lipinski definition) is 4. The number of para-hydroxylation sites is 1. The first kappa shape index (κ1) is 21.9. The van der Waals surface area contributed by atoms with Gasteiger partial charge in [-0.1, -0.05) is 41.6 Å². The van der Waals surface area contributed by atoms with Gasteiger partial charge in [0, 0.05) is 25.1 Å². The van der Waals surface area contributed by atoms with Crippen molar-refractivity contribution in [1.82, 2.24) is 14.5 Å². The summed E-state index contributed by atoms with van der Waals surface area (Å²) in [5.74, 6) is -0.289. The number of thioether (sulfide) groups is 1. The molecule has 0 radical (unpaired) electrons. The minimum atomic E-state index is -0.305. The molecule has 0 saturated carbocycles. The van der Waals surface area contributed by atoms with Crippen molar-refractivity contribution in [2.24, 2.45) is 0 Å². The first-order valence-corrected chi connectivity index (χ1v) is 10.7. The van der Waals surface area contributed by atoms with Crippen LogP contribution in [-0.2, 0) is 9.59 Å². The molecule has 0 saturated heterocycles. The van der Waals surface area contributed by atoms with E-state index in [0.717, 1.165) is 22.0 Å². The van der Waals surface area contributed by atoms with E-state index < -0.39 is 0 Å². The molecule has 1 aromatic heterocycles. The van der Waals surface area contributed by atoms with Gasteiger partial charge in [0.25, 0.3) is 0 Å². The van der Waals surface area contributed by atoms with Crippen LogP contribution < -0.4 is 5.32 Å². The molecule has 8 heteroatoms. The molecule has 1 N–H and O–H groups in total. The highest BCUT2D eigenvalue weighted by Gasteiger charge is 2.16. The lowest BCUT2D eigenvalue weighted by Gasteiger charge is -2.17. The Morgan fingerprint density at radius 1 is 1.17 bits per heavy atom. The molecule has 0 aliphatic heterocycles. The van der Waals surface area contributed by atoms with Crippen LogP contribution in [0, 0.1) is 13.8 Å². The number of nitrogens with one attached hydrogen (secondary N) is 1. The van der Waals surface area contributed by atoms with Gasteiger partial charge in [-0.05, 0) is 49.2 Å². The third-order valence-electron chi connectivity index (χ3n) is 4.37. The predicted molar refractivity (Wildman–Crippen MR) is 121 cm³/mol. The van der Waals surface area contributed by atoms with Crippen LogP contribution in [-0.4, -0.2) is 45.6 Å². The average Bonchev–Trinajstić information content (AvgIpc) is 3.15. The summed E-state index contributed by atoms with van der Waals surface area (Å²) in [6.07, 6.45) is 3.59. The van der Waals surface area contributed by atoms with Crippen molar-refractivity contribution in [3.63, 3.8) is 0 Å². The maximum Gasteiger partial charge on any atom is 0.244 e. The number of carbonyl (C=O) groups is 2. The highest BCUT2D eigenvalue weighted by atomic mass is 35.5. The number of halogens is 1. The fourth-order valence-electron chi connectivity index (χ4n) is 2.98. The van der Waals surface area contributed by atoms with Crippen LogP contribution >= 0.6 is 23.4 Å². The molecule has 6 nitrogen and oxygen atoms in total. The van der Waals surface area contributed by atoms with Crippen LogP contribution in [0.1, 0.15) is 11.1 Å². The van der Waals surface area contributed by atoms with Crippen LogP contribution in [0.4, 0.5) is 5.69 Å². The summed E-state index contributed by atoms with van der Waals surface area (Å²) >= 11 is 7.39. The number of aromatic nitrogens is 2. The molecule has 0 bridgehead atoms. The molecule has 30 heavy (non-hydrogen) atoms. The van der Waals surface area contributed by atoms with Crippen LogP contribution in [0.5, 0.6) is 0 Å². The quantitative estimate of drug-likeness (QED) is 0.553. The Labute approximate surface area is 185 Å². The van der Waals surface area contributed by atoms with Crippen molar-refractivity contribution in [3.8, 4) is 5.69 Å². The van der Waals surface area contributed by atoms with Crippen LogP contribution in [0.2, 0.25) is 5.02 Å². The first-order chi connectivity index (χ1) is 14.3. The third-order valence-corrected chi connectivity index (χ3v) is 5.65. The second-order valence-electron chi connectivity index (χ2n) is 6.99. The van der Waals surface area contributed by atoms with E-state index in [9.17, 15) is 9.59 Å². The lowest BCUT2D eigenvalue weighted by Crippen LogP contribution is -2.36. The predicted octanol–water partition coefficient (Wildman–Crippen LogP) is 4.33. The maximum absolute atomic E-state index is 12.5. The molecular formula is C22H23ClN4O2S. The summed E-state index contributed by atoms with van der Waals surface area (Å²) in [5, 5.41) is 3.90. The van der Waals surface area contributed by atoms with Gasteiger partial charge < -0.3 is 10.2 Å². The number of aryl methyl sites for hydroxylation is 2.